The van der Waals surface area contributed by atoms with Gasteiger partial charge < -0.3 is 9.88 Å². The van der Waals surface area contributed by atoms with E-state index in [1.807, 2.05) is 42.3 Å². The minimum absolute atomic E-state index is 0.124. The number of nitrogens with zero attached hydrogens (tertiary/aromatic N) is 4. The summed E-state index contributed by atoms with van der Waals surface area (Å²) < 4.78 is 40.3. The highest BCUT2D eigenvalue weighted by Crippen LogP contribution is 2.36. The monoisotopic (exact) mass is 427 g/mol. The first-order valence-electron chi connectivity index (χ1n) is 9.83. The molecule has 9 heteroatoms. The van der Waals surface area contributed by atoms with E-state index in [1.165, 1.54) is 24.3 Å². The molecule has 0 saturated carbocycles. The summed E-state index contributed by atoms with van der Waals surface area (Å²) in [6, 6.07) is 14.1. The third-order valence-electron chi connectivity index (χ3n) is 5.67. The zero-order chi connectivity index (χ0) is 22.2. The first kappa shape index (κ1) is 20.9. The van der Waals surface area contributed by atoms with Crippen LogP contribution >= 0.6 is 0 Å². The van der Waals surface area contributed by atoms with Crippen LogP contribution in [0.1, 0.15) is 30.3 Å². The van der Waals surface area contributed by atoms with Gasteiger partial charge in [0, 0.05) is 18.3 Å². The summed E-state index contributed by atoms with van der Waals surface area (Å²) in [7, 11) is 1.89. The lowest BCUT2D eigenvalue weighted by Crippen LogP contribution is -2.52. The van der Waals surface area contributed by atoms with Crippen LogP contribution in [0.3, 0.4) is 0 Å². The summed E-state index contributed by atoms with van der Waals surface area (Å²) in [5.74, 6) is -1.25. The smallest absolute Gasteiger partial charge is 0.341 e. The number of amides is 1. The van der Waals surface area contributed by atoms with Crippen LogP contribution in [0.5, 0.6) is 0 Å². The Balaban J connectivity index is 1.68. The molecule has 1 N–H and O–H groups in total. The molecule has 0 aliphatic carbocycles. The zero-order valence-corrected chi connectivity index (χ0v) is 16.7. The van der Waals surface area contributed by atoms with E-state index in [1.54, 1.807) is 0 Å². The molecule has 0 radical (unpaired) electrons. The molecule has 0 bridgehead atoms. The fraction of sp³-hybridized carbons (Fsp3) is 0.318. The van der Waals surface area contributed by atoms with Crippen LogP contribution in [0.15, 0.2) is 48.5 Å². The standard InChI is InChI=1S/C22H20F3N5O/c1-29-11-10-16(12-19(29)20-27-17-4-2-3-5-18(17)28-20)30(21(31)22(23,24)25)15-8-6-14(13-26)7-9-15/h2-9,16,19H,10-12H2,1H3,(H,27,28)/t16-,19-/m1/s1. The number of imidazole rings is 1. The molecule has 1 aromatic heterocycles. The highest BCUT2D eigenvalue weighted by atomic mass is 19.4. The molecule has 3 aromatic rings. The number of nitriles is 1. The van der Waals surface area contributed by atoms with Gasteiger partial charge in [-0.25, -0.2) is 4.98 Å². The van der Waals surface area contributed by atoms with Crippen molar-refractivity contribution in [3.63, 3.8) is 0 Å². The van der Waals surface area contributed by atoms with Gasteiger partial charge in [-0.3, -0.25) is 9.69 Å². The Morgan fingerprint density at radius 2 is 1.94 bits per heavy atom. The summed E-state index contributed by atoms with van der Waals surface area (Å²) in [4.78, 5) is 23.1. The number of alkyl halides is 3. The molecule has 1 aliphatic heterocycles. The van der Waals surface area contributed by atoms with E-state index in [0.29, 0.717) is 24.4 Å². The lowest BCUT2D eigenvalue weighted by Gasteiger charge is -2.41. The molecule has 2 atom stereocenters. The maximum Gasteiger partial charge on any atom is 0.471 e. The molecule has 6 nitrogen and oxygen atoms in total. The fourth-order valence-electron chi connectivity index (χ4n) is 4.08. The summed E-state index contributed by atoms with van der Waals surface area (Å²) in [5, 5.41) is 8.98. The van der Waals surface area contributed by atoms with Crippen LogP contribution in [0.2, 0.25) is 0 Å². The second-order valence-electron chi connectivity index (χ2n) is 7.65. The first-order valence-corrected chi connectivity index (χ1v) is 9.83. The van der Waals surface area contributed by atoms with Crippen LogP contribution in [0, 0.1) is 11.3 Å². The molecule has 4 rings (SSSR count). The SMILES string of the molecule is CN1CC[C@@H](N(C(=O)C(F)(F)F)c2ccc(C#N)cc2)C[C@@H]1c1nc2ccccc2[nH]1. The van der Waals surface area contributed by atoms with Crippen molar-refractivity contribution in [2.24, 2.45) is 0 Å². The Kier molecular flexibility index (Phi) is 5.41. The Hall–Kier alpha value is -3.38. The molecule has 1 amide bonds. The minimum atomic E-state index is -5.01. The number of carbonyl (C=O) groups excluding carboxylic acids is 1. The Labute approximate surface area is 176 Å². The van der Waals surface area contributed by atoms with Crippen molar-refractivity contribution in [2.75, 3.05) is 18.5 Å². The van der Waals surface area contributed by atoms with Crippen LogP contribution in [0.4, 0.5) is 18.9 Å². The molecule has 1 fully saturated rings. The predicted octanol–water partition coefficient (Wildman–Crippen LogP) is 4.17. The second-order valence-corrected chi connectivity index (χ2v) is 7.65. The van der Waals surface area contributed by atoms with Crippen molar-refractivity contribution in [1.82, 2.24) is 14.9 Å². The number of halogens is 3. The number of anilines is 1. The summed E-state index contributed by atoms with van der Waals surface area (Å²) in [5.41, 5.74) is 2.07. The number of aromatic nitrogens is 2. The molecule has 2 aromatic carbocycles. The van der Waals surface area contributed by atoms with Crippen molar-refractivity contribution < 1.29 is 18.0 Å². The van der Waals surface area contributed by atoms with E-state index in [0.717, 1.165) is 15.9 Å². The molecule has 31 heavy (non-hydrogen) atoms. The van der Waals surface area contributed by atoms with E-state index in [4.69, 9.17) is 5.26 Å². The number of para-hydroxylation sites is 2. The Morgan fingerprint density at radius 1 is 1.23 bits per heavy atom. The Morgan fingerprint density at radius 3 is 2.58 bits per heavy atom. The van der Waals surface area contributed by atoms with Crippen molar-refractivity contribution in [3.05, 3.63) is 59.9 Å². The van der Waals surface area contributed by atoms with Gasteiger partial charge in [0.25, 0.3) is 0 Å². The average Bonchev–Trinajstić information content (AvgIpc) is 3.19. The van der Waals surface area contributed by atoms with Crippen molar-refractivity contribution in [3.8, 4) is 6.07 Å². The van der Waals surface area contributed by atoms with Gasteiger partial charge in [-0.2, -0.15) is 18.4 Å². The number of aromatic amines is 1. The first-order chi connectivity index (χ1) is 14.8. The van der Waals surface area contributed by atoms with E-state index in [9.17, 15) is 18.0 Å². The number of carbonyl (C=O) groups is 1. The summed E-state index contributed by atoms with van der Waals surface area (Å²) in [6.45, 7) is 0.504. The van der Waals surface area contributed by atoms with Gasteiger partial charge in [-0.05, 0) is 56.3 Å². The maximum absolute atomic E-state index is 13.4. The molecular formula is C22H20F3N5O. The van der Waals surface area contributed by atoms with Gasteiger partial charge in [0.15, 0.2) is 0 Å². The number of piperidine rings is 1. The average molecular weight is 427 g/mol. The van der Waals surface area contributed by atoms with Crippen LogP contribution in [-0.2, 0) is 4.79 Å². The van der Waals surface area contributed by atoms with Gasteiger partial charge in [-0.15, -0.1) is 0 Å². The van der Waals surface area contributed by atoms with Crippen LogP contribution in [0.25, 0.3) is 11.0 Å². The van der Waals surface area contributed by atoms with Crippen LogP contribution < -0.4 is 4.90 Å². The number of H-pyrrole nitrogens is 1. The van der Waals surface area contributed by atoms with E-state index in [2.05, 4.69) is 9.97 Å². The molecule has 2 heterocycles. The fourth-order valence-corrected chi connectivity index (χ4v) is 4.08. The van der Waals surface area contributed by atoms with Crippen molar-refractivity contribution in [1.29, 1.82) is 5.26 Å². The van der Waals surface area contributed by atoms with Gasteiger partial charge in [0.1, 0.15) is 5.82 Å². The van der Waals surface area contributed by atoms with Crippen molar-refractivity contribution in [2.45, 2.75) is 31.1 Å². The third-order valence-corrected chi connectivity index (χ3v) is 5.67. The number of rotatable bonds is 3. The van der Waals surface area contributed by atoms with Gasteiger partial charge in [0.2, 0.25) is 0 Å². The normalized spacial score (nSPS) is 19.8. The second kappa shape index (κ2) is 8.04. The minimum Gasteiger partial charge on any atom is -0.341 e. The quantitative estimate of drug-likeness (QED) is 0.681. The Bertz CT molecular complexity index is 1100. The highest BCUT2D eigenvalue weighted by molar-refractivity contribution is 5.98. The third kappa shape index (κ3) is 4.11. The summed E-state index contributed by atoms with van der Waals surface area (Å²) in [6.07, 6.45) is -4.33. The lowest BCUT2D eigenvalue weighted by molar-refractivity contribution is -0.171. The molecule has 1 aliphatic rings. The van der Waals surface area contributed by atoms with Gasteiger partial charge >= 0.3 is 12.1 Å². The predicted molar refractivity (Wildman–Crippen MR) is 109 cm³/mol. The molecule has 160 valence electrons. The maximum atomic E-state index is 13.4. The van der Waals surface area contributed by atoms with Crippen molar-refractivity contribution >= 4 is 22.6 Å². The van der Waals surface area contributed by atoms with Crippen LogP contribution in [-0.4, -0.2) is 46.6 Å². The zero-order valence-electron chi connectivity index (χ0n) is 16.7. The number of nitrogens with one attached hydrogen (secondary N) is 1. The van der Waals surface area contributed by atoms with E-state index < -0.39 is 18.1 Å². The number of hydrogen-bond acceptors (Lipinski definition) is 4. The van der Waals surface area contributed by atoms with E-state index >= 15 is 0 Å². The number of hydrogen-bond donors (Lipinski definition) is 1. The molecule has 0 unspecified atom stereocenters. The number of likely N-dealkylation sites (tertiary alicyclic amines) is 1. The van der Waals surface area contributed by atoms with Gasteiger partial charge in [0.05, 0.1) is 28.7 Å². The van der Waals surface area contributed by atoms with E-state index in [-0.39, 0.29) is 18.2 Å². The molecular weight excluding hydrogens is 407 g/mol. The highest BCUT2D eigenvalue weighted by Gasteiger charge is 2.46. The molecule has 1 saturated heterocycles. The lowest BCUT2D eigenvalue weighted by atomic mass is 9.95. The summed E-state index contributed by atoms with van der Waals surface area (Å²) >= 11 is 0. The number of benzene rings is 2. The molecule has 0 spiro atoms. The van der Waals surface area contributed by atoms with Gasteiger partial charge in [-0.1, -0.05) is 12.1 Å². The number of fused-ring (bicyclic) bond motifs is 1. The largest absolute Gasteiger partial charge is 0.471 e. The topological polar surface area (TPSA) is 76.0 Å².